The van der Waals surface area contributed by atoms with Gasteiger partial charge in [0.2, 0.25) is 0 Å². The second kappa shape index (κ2) is 9.12. The molecule has 4 unspecified atom stereocenters. The van der Waals surface area contributed by atoms with Crippen LogP contribution in [0.2, 0.25) is 0 Å². The highest BCUT2D eigenvalue weighted by Crippen LogP contribution is 2.33. The van der Waals surface area contributed by atoms with Crippen LogP contribution in [0.15, 0.2) is 0 Å². The van der Waals surface area contributed by atoms with Crippen molar-refractivity contribution < 1.29 is 5.11 Å². The zero-order valence-electron chi connectivity index (χ0n) is 14.2. The molecule has 124 valence electrons. The number of hydrogen-bond donors (Lipinski definition) is 2. The molecule has 0 radical (unpaired) electrons. The molecule has 0 bridgehead atoms. The van der Waals surface area contributed by atoms with Gasteiger partial charge in [-0.3, -0.25) is 0 Å². The van der Waals surface area contributed by atoms with E-state index in [9.17, 15) is 0 Å². The summed E-state index contributed by atoms with van der Waals surface area (Å²) in [6.45, 7) is 9.90. The summed E-state index contributed by atoms with van der Waals surface area (Å²) < 4.78 is 0. The topological polar surface area (TPSA) is 35.5 Å². The van der Waals surface area contributed by atoms with Crippen molar-refractivity contribution in [1.82, 2.24) is 10.2 Å². The van der Waals surface area contributed by atoms with Crippen molar-refractivity contribution in [3.63, 3.8) is 0 Å². The molecule has 2 fully saturated rings. The third-order valence-electron chi connectivity index (χ3n) is 5.72. The summed E-state index contributed by atoms with van der Waals surface area (Å²) in [4.78, 5) is 2.67. The minimum Gasteiger partial charge on any atom is -0.396 e. The van der Waals surface area contributed by atoms with E-state index in [1.54, 1.807) is 0 Å². The largest absolute Gasteiger partial charge is 0.396 e. The Labute approximate surface area is 131 Å². The Bertz CT molecular complexity index is 284. The van der Waals surface area contributed by atoms with Gasteiger partial charge in [-0.15, -0.1) is 0 Å². The van der Waals surface area contributed by atoms with Crippen LogP contribution in [-0.4, -0.2) is 48.8 Å². The normalized spacial score (nSPS) is 34.4. The van der Waals surface area contributed by atoms with Crippen molar-refractivity contribution in [2.75, 3.05) is 32.8 Å². The fraction of sp³-hybridized carbons (Fsp3) is 1.00. The third-order valence-corrected chi connectivity index (χ3v) is 5.72. The van der Waals surface area contributed by atoms with Crippen LogP contribution < -0.4 is 5.32 Å². The van der Waals surface area contributed by atoms with E-state index in [1.165, 1.54) is 64.7 Å². The van der Waals surface area contributed by atoms with Crippen molar-refractivity contribution in [1.29, 1.82) is 0 Å². The molecule has 0 aromatic rings. The first-order valence-corrected chi connectivity index (χ1v) is 9.33. The summed E-state index contributed by atoms with van der Waals surface area (Å²) in [5.74, 6) is 2.52. The maximum atomic E-state index is 9.11. The van der Waals surface area contributed by atoms with Gasteiger partial charge in [-0.2, -0.15) is 0 Å². The van der Waals surface area contributed by atoms with Gasteiger partial charge in [0.1, 0.15) is 0 Å². The van der Waals surface area contributed by atoms with Crippen LogP contribution >= 0.6 is 0 Å². The summed E-state index contributed by atoms with van der Waals surface area (Å²) in [5.41, 5.74) is 0. The molecule has 3 nitrogen and oxygen atoms in total. The first-order chi connectivity index (χ1) is 10.3. The van der Waals surface area contributed by atoms with Crippen molar-refractivity contribution in [2.45, 2.75) is 64.8 Å². The standard InChI is InChI=1S/C18H36N2O/c1-3-9-19-18-6-5-15(4-2)12-17(18)14-20-10-7-16(13-20)8-11-21/h15-19,21H,3-14H2,1-2H3. The molecule has 0 aromatic heterocycles. The molecule has 0 aromatic carbocycles. The molecule has 0 amide bonds. The van der Waals surface area contributed by atoms with E-state index in [1.807, 2.05) is 0 Å². The molecule has 2 rings (SSSR count). The minimum atomic E-state index is 0.362. The molecule has 3 heteroatoms. The molecule has 4 atom stereocenters. The van der Waals surface area contributed by atoms with E-state index in [4.69, 9.17) is 5.11 Å². The molecule has 2 aliphatic rings. The van der Waals surface area contributed by atoms with Gasteiger partial charge >= 0.3 is 0 Å². The predicted molar refractivity (Wildman–Crippen MR) is 89.5 cm³/mol. The van der Waals surface area contributed by atoms with Gasteiger partial charge in [-0.05, 0) is 69.4 Å². The Kier molecular flexibility index (Phi) is 7.48. The lowest BCUT2D eigenvalue weighted by Gasteiger charge is -2.38. The Balaban J connectivity index is 1.84. The van der Waals surface area contributed by atoms with Crippen LogP contribution in [0.4, 0.5) is 0 Å². The van der Waals surface area contributed by atoms with Gasteiger partial charge in [0.05, 0.1) is 0 Å². The molecule has 2 N–H and O–H groups in total. The number of aliphatic hydroxyl groups excluding tert-OH is 1. The fourth-order valence-electron chi connectivity index (χ4n) is 4.36. The van der Waals surface area contributed by atoms with Crippen LogP contribution in [0.5, 0.6) is 0 Å². The molecule has 21 heavy (non-hydrogen) atoms. The molecular weight excluding hydrogens is 260 g/mol. The number of aliphatic hydroxyl groups is 1. The summed E-state index contributed by atoms with van der Waals surface area (Å²) in [7, 11) is 0. The van der Waals surface area contributed by atoms with Gasteiger partial charge < -0.3 is 15.3 Å². The highest BCUT2D eigenvalue weighted by molar-refractivity contribution is 4.88. The third kappa shape index (κ3) is 5.22. The van der Waals surface area contributed by atoms with Crippen LogP contribution in [0.3, 0.4) is 0 Å². The minimum absolute atomic E-state index is 0.362. The van der Waals surface area contributed by atoms with Crippen LogP contribution in [0.25, 0.3) is 0 Å². The van der Waals surface area contributed by atoms with Gasteiger partial charge in [-0.1, -0.05) is 20.3 Å². The first kappa shape index (κ1) is 17.2. The van der Waals surface area contributed by atoms with Gasteiger partial charge in [0.15, 0.2) is 0 Å². The lowest BCUT2D eigenvalue weighted by Crippen LogP contribution is -2.45. The van der Waals surface area contributed by atoms with E-state index in [0.29, 0.717) is 6.61 Å². The number of likely N-dealkylation sites (tertiary alicyclic amines) is 1. The fourth-order valence-corrected chi connectivity index (χ4v) is 4.36. The van der Waals surface area contributed by atoms with E-state index < -0.39 is 0 Å². The Morgan fingerprint density at radius 2 is 2.00 bits per heavy atom. The van der Waals surface area contributed by atoms with Crippen molar-refractivity contribution in [3.8, 4) is 0 Å². The highest BCUT2D eigenvalue weighted by Gasteiger charge is 2.32. The lowest BCUT2D eigenvalue weighted by molar-refractivity contribution is 0.148. The Morgan fingerprint density at radius 3 is 2.71 bits per heavy atom. The van der Waals surface area contributed by atoms with Crippen molar-refractivity contribution in [3.05, 3.63) is 0 Å². The smallest absolute Gasteiger partial charge is 0.0434 e. The molecule has 1 saturated heterocycles. The van der Waals surface area contributed by atoms with Crippen molar-refractivity contribution in [2.24, 2.45) is 17.8 Å². The molecule has 1 aliphatic carbocycles. The van der Waals surface area contributed by atoms with Crippen LogP contribution in [0, 0.1) is 17.8 Å². The second-order valence-electron chi connectivity index (χ2n) is 7.33. The summed E-state index contributed by atoms with van der Waals surface area (Å²) in [6, 6.07) is 0.740. The molecule has 0 spiro atoms. The summed E-state index contributed by atoms with van der Waals surface area (Å²) in [5, 5.41) is 12.9. The summed E-state index contributed by atoms with van der Waals surface area (Å²) in [6.07, 6.45) is 9.08. The summed E-state index contributed by atoms with van der Waals surface area (Å²) >= 11 is 0. The number of nitrogens with one attached hydrogen (secondary N) is 1. The van der Waals surface area contributed by atoms with Crippen LogP contribution in [0.1, 0.15) is 58.8 Å². The van der Waals surface area contributed by atoms with E-state index in [-0.39, 0.29) is 0 Å². The van der Waals surface area contributed by atoms with Gasteiger partial charge in [-0.25, -0.2) is 0 Å². The zero-order chi connectivity index (χ0) is 15.1. The molecule has 1 heterocycles. The highest BCUT2D eigenvalue weighted by atomic mass is 16.3. The van der Waals surface area contributed by atoms with E-state index >= 15 is 0 Å². The molecule has 1 saturated carbocycles. The molecule has 1 aliphatic heterocycles. The average Bonchev–Trinajstić information content (AvgIpc) is 2.93. The van der Waals surface area contributed by atoms with Gasteiger partial charge in [0, 0.05) is 25.7 Å². The Morgan fingerprint density at radius 1 is 1.14 bits per heavy atom. The van der Waals surface area contributed by atoms with Crippen LogP contribution in [-0.2, 0) is 0 Å². The monoisotopic (exact) mass is 296 g/mol. The number of rotatable bonds is 8. The van der Waals surface area contributed by atoms with Crippen molar-refractivity contribution >= 4 is 0 Å². The quantitative estimate of drug-likeness (QED) is 0.723. The van der Waals surface area contributed by atoms with E-state index in [0.717, 1.165) is 30.2 Å². The van der Waals surface area contributed by atoms with Gasteiger partial charge in [0.25, 0.3) is 0 Å². The lowest BCUT2D eigenvalue weighted by atomic mass is 9.76. The second-order valence-corrected chi connectivity index (χ2v) is 7.33. The predicted octanol–water partition coefficient (Wildman–Crippen LogP) is 2.89. The average molecular weight is 296 g/mol. The SMILES string of the molecule is CCCNC1CCC(CC)CC1CN1CCC(CCO)C1. The Hall–Kier alpha value is -0.120. The maximum absolute atomic E-state index is 9.11. The van der Waals surface area contributed by atoms with E-state index in [2.05, 4.69) is 24.1 Å². The number of hydrogen-bond acceptors (Lipinski definition) is 3. The number of nitrogens with zero attached hydrogens (tertiary/aromatic N) is 1. The maximum Gasteiger partial charge on any atom is 0.0434 e. The first-order valence-electron chi connectivity index (χ1n) is 9.33. The zero-order valence-corrected chi connectivity index (χ0v) is 14.2. The molecular formula is C18H36N2O.